The first-order chi connectivity index (χ1) is 7.50. The van der Waals surface area contributed by atoms with Crippen molar-refractivity contribution < 1.29 is 8.42 Å². The summed E-state index contributed by atoms with van der Waals surface area (Å²) < 4.78 is 27.4. The van der Waals surface area contributed by atoms with E-state index in [-0.39, 0.29) is 6.04 Å². The summed E-state index contributed by atoms with van der Waals surface area (Å²) in [6, 6.07) is -0.00199. The molecule has 1 heterocycles. The van der Waals surface area contributed by atoms with Crippen LogP contribution >= 0.6 is 0 Å². The van der Waals surface area contributed by atoms with E-state index in [1.807, 2.05) is 0 Å². The highest BCUT2D eigenvalue weighted by Gasteiger charge is 2.33. The fourth-order valence-electron chi connectivity index (χ4n) is 2.14. The van der Waals surface area contributed by atoms with Gasteiger partial charge in [0.05, 0.1) is 0 Å². The van der Waals surface area contributed by atoms with Gasteiger partial charge in [0.2, 0.25) is 0 Å². The molecule has 2 rings (SSSR count). The summed E-state index contributed by atoms with van der Waals surface area (Å²) in [5, 5.41) is 0. The maximum atomic E-state index is 12.2. The van der Waals surface area contributed by atoms with Gasteiger partial charge in [0.1, 0.15) is 0 Å². The van der Waals surface area contributed by atoms with Crippen LogP contribution in [-0.4, -0.2) is 49.8 Å². The van der Waals surface area contributed by atoms with E-state index < -0.39 is 10.2 Å². The minimum Gasteiger partial charge on any atom is -0.327 e. The molecule has 0 bridgehead atoms. The second kappa shape index (κ2) is 4.60. The number of nitrogens with zero attached hydrogens (tertiary/aromatic N) is 2. The predicted octanol–water partition coefficient (Wildman–Crippen LogP) is -0.00390. The van der Waals surface area contributed by atoms with Crippen molar-refractivity contribution in [3.8, 4) is 0 Å². The molecule has 0 aromatic heterocycles. The molecular formula is C10H21N3O2S. The Morgan fingerprint density at radius 3 is 2.62 bits per heavy atom. The second-order valence-electron chi connectivity index (χ2n) is 4.99. The van der Waals surface area contributed by atoms with E-state index in [4.69, 9.17) is 5.73 Å². The van der Waals surface area contributed by atoms with Crippen LogP contribution in [0.25, 0.3) is 0 Å². The van der Waals surface area contributed by atoms with E-state index in [1.54, 1.807) is 7.05 Å². The zero-order valence-corrected chi connectivity index (χ0v) is 10.6. The Balaban J connectivity index is 1.98. The van der Waals surface area contributed by atoms with Crippen molar-refractivity contribution in [1.29, 1.82) is 0 Å². The van der Waals surface area contributed by atoms with Gasteiger partial charge in [0.25, 0.3) is 10.2 Å². The molecule has 0 aromatic carbocycles. The molecule has 2 fully saturated rings. The molecule has 1 atom stereocenters. The van der Waals surface area contributed by atoms with Gasteiger partial charge in [-0.15, -0.1) is 0 Å². The highest BCUT2D eigenvalue weighted by Crippen LogP contribution is 2.30. The quantitative estimate of drug-likeness (QED) is 0.760. The minimum atomic E-state index is -3.26. The van der Waals surface area contributed by atoms with Crippen molar-refractivity contribution in [3.05, 3.63) is 0 Å². The SMILES string of the molecule is CN(CC1CC1)S(=O)(=O)N1CCCC(N)C1. The van der Waals surface area contributed by atoms with Crippen LogP contribution in [0.2, 0.25) is 0 Å². The van der Waals surface area contributed by atoms with E-state index in [1.165, 1.54) is 21.5 Å². The lowest BCUT2D eigenvalue weighted by atomic mass is 10.1. The van der Waals surface area contributed by atoms with Crippen LogP contribution in [-0.2, 0) is 10.2 Å². The molecule has 0 amide bonds. The Morgan fingerprint density at radius 2 is 2.06 bits per heavy atom. The number of piperidine rings is 1. The fourth-order valence-corrected chi connectivity index (χ4v) is 3.67. The number of hydrogen-bond donors (Lipinski definition) is 1. The monoisotopic (exact) mass is 247 g/mol. The Labute approximate surface area is 97.8 Å². The summed E-state index contributed by atoms with van der Waals surface area (Å²) in [5.74, 6) is 0.582. The largest absolute Gasteiger partial charge is 0.327 e. The lowest BCUT2D eigenvalue weighted by Gasteiger charge is -2.32. The molecular weight excluding hydrogens is 226 g/mol. The summed E-state index contributed by atoms with van der Waals surface area (Å²) in [5.41, 5.74) is 5.81. The number of hydrogen-bond acceptors (Lipinski definition) is 3. The molecule has 2 N–H and O–H groups in total. The predicted molar refractivity (Wildman–Crippen MR) is 63.1 cm³/mol. The smallest absolute Gasteiger partial charge is 0.281 e. The van der Waals surface area contributed by atoms with Gasteiger partial charge in [0, 0.05) is 32.7 Å². The zero-order chi connectivity index (χ0) is 11.8. The first kappa shape index (κ1) is 12.3. The lowest BCUT2D eigenvalue weighted by molar-refractivity contribution is 0.291. The Kier molecular flexibility index (Phi) is 3.53. The van der Waals surface area contributed by atoms with Crippen molar-refractivity contribution in [2.45, 2.75) is 31.7 Å². The van der Waals surface area contributed by atoms with Crippen LogP contribution in [0.3, 0.4) is 0 Å². The topological polar surface area (TPSA) is 66.6 Å². The molecule has 1 aliphatic carbocycles. The van der Waals surface area contributed by atoms with Gasteiger partial charge in [-0.05, 0) is 31.6 Å². The summed E-state index contributed by atoms with van der Waals surface area (Å²) in [4.78, 5) is 0. The van der Waals surface area contributed by atoms with Crippen LogP contribution in [0.4, 0.5) is 0 Å². The summed E-state index contributed by atoms with van der Waals surface area (Å²) in [7, 11) is -1.59. The molecule has 6 heteroatoms. The maximum absolute atomic E-state index is 12.2. The van der Waals surface area contributed by atoms with Gasteiger partial charge in [-0.2, -0.15) is 17.0 Å². The maximum Gasteiger partial charge on any atom is 0.281 e. The standard InChI is InChI=1S/C10H21N3O2S/c1-12(7-9-4-5-9)16(14,15)13-6-2-3-10(11)8-13/h9-10H,2-8,11H2,1H3. The molecule has 2 aliphatic rings. The van der Waals surface area contributed by atoms with Crippen LogP contribution in [0.5, 0.6) is 0 Å². The van der Waals surface area contributed by atoms with Crippen LogP contribution in [0.1, 0.15) is 25.7 Å². The minimum absolute atomic E-state index is 0.00199. The molecule has 1 unspecified atom stereocenters. The molecule has 1 saturated carbocycles. The Bertz CT molecular complexity index is 340. The van der Waals surface area contributed by atoms with Crippen molar-refractivity contribution in [3.63, 3.8) is 0 Å². The summed E-state index contributed by atoms with van der Waals surface area (Å²) in [6.45, 7) is 1.75. The molecule has 0 radical (unpaired) electrons. The highest BCUT2D eigenvalue weighted by atomic mass is 32.2. The average Bonchev–Trinajstić information content (AvgIpc) is 3.01. The number of rotatable bonds is 4. The molecule has 5 nitrogen and oxygen atoms in total. The van der Waals surface area contributed by atoms with Crippen LogP contribution < -0.4 is 5.73 Å². The third-order valence-corrected chi connectivity index (χ3v) is 5.27. The van der Waals surface area contributed by atoms with Crippen LogP contribution in [0.15, 0.2) is 0 Å². The van der Waals surface area contributed by atoms with E-state index in [2.05, 4.69) is 0 Å². The molecule has 0 aromatic rings. The van der Waals surface area contributed by atoms with Gasteiger partial charge in [0.15, 0.2) is 0 Å². The summed E-state index contributed by atoms with van der Waals surface area (Å²) in [6.07, 6.45) is 4.13. The third kappa shape index (κ3) is 2.74. The molecule has 1 saturated heterocycles. The van der Waals surface area contributed by atoms with E-state index >= 15 is 0 Å². The summed E-state index contributed by atoms with van der Waals surface area (Å²) >= 11 is 0. The van der Waals surface area contributed by atoms with E-state index in [0.717, 1.165) is 12.8 Å². The van der Waals surface area contributed by atoms with Gasteiger partial charge in [-0.25, -0.2) is 0 Å². The van der Waals surface area contributed by atoms with Crippen molar-refractivity contribution in [2.75, 3.05) is 26.7 Å². The normalized spacial score (nSPS) is 28.6. The van der Waals surface area contributed by atoms with E-state index in [9.17, 15) is 8.42 Å². The first-order valence-electron chi connectivity index (χ1n) is 5.97. The van der Waals surface area contributed by atoms with Gasteiger partial charge < -0.3 is 5.73 Å². The second-order valence-corrected chi connectivity index (χ2v) is 7.03. The molecule has 1 aliphatic heterocycles. The lowest BCUT2D eigenvalue weighted by Crippen LogP contribution is -2.50. The molecule has 16 heavy (non-hydrogen) atoms. The van der Waals surface area contributed by atoms with Gasteiger partial charge in [-0.1, -0.05) is 0 Å². The van der Waals surface area contributed by atoms with Gasteiger partial charge in [-0.3, -0.25) is 0 Å². The Hall–Kier alpha value is -0.170. The first-order valence-corrected chi connectivity index (χ1v) is 7.37. The number of nitrogens with two attached hydrogens (primary N) is 1. The van der Waals surface area contributed by atoms with Crippen molar-refractivity contribution in [1.82, 2.24) is 8.61 Å². The molecule has 0 spiro atoms. The Morgan fingerprint density at radius 1 is 1.38 bits per heavy atom. The van der Waals surface area contributed by atoms with Crippen molar-refractivity contribution in [2.24, 2.45) is 11.7 Å². The third-order valence-electron chi connectivity index (χ3n) is 3.35. The fraction of sp³-hybridized carbons (Fsp3) is 1.00. The average molecular weight is 247 g/mol. The molecule has 94 valence electrons. The van der Waals surface area contributed by atoms with E-state index in [0.29, 0.717) is 25.6 Å². The van der Waals surface area contributed by atoms with Gasteiger partial charge >= 0.3 is 0 Å². The van der Waals surface area contributed by atoms with Crippen LogP contribution in [0, 0.1) is 5.92 Å². The van der Waals surface area contributed by atoms with Crippen molar-refractivity contribution >= 4 is 10.2 Å². The highest BCUT2D eigenvalue weighted by molar-refractivity contribution is 7.86. The zero-order valence-electron chi connectivity index (χ0n) is 9.80.